The molecule has 136 valence electrons. The molecule has 2 heterocycles. The van der Waals surface area contributed by atoms with Crippen molar-refractivity contribution in [1.29, 1.82) is 0 Å². The van der Waals surface area contributed by atoms with Gasteiger partial charge in [-0.1, -0.05) is 30.3 Å². The van der Waals surface area contributed by atoms with E-state index in [4.69, 9.17) is 14.2 Å². The van der Waals surface area contributed by atoms with E-state index in [1.54, 1.807) is 6.07 Å². The second-order valence-electron chi connectivity index (χ2n) is 6.64. The Kier molecular flexibility index (Phi) is 5.07. The second-order valence-corrected chi connectivity index (χ2v) is 6.64. The molecule has 0 radical (unpaired) electrons. The van der Waals surface area contributed by atoms with Crippen LogP contribution in [0, 0.1) is 0 Å². The fourth-order valence-electron chi connectivity index (χ4n) is 3.47. The number of rotatable bonds is 5. The molecule has 2 atom stereocenters. The maximum atomic E-state index is 12.9. The quantitative estimate of drug-likeness (QED) is 0.894. The molecule has 2 aliphatic rings. The highest BCUT2D eigenvalue weighted by atomic mass is 16.5. The predicted molar refractivity (Wildman–Crippen MR) is 97.7 cm³/mol. The zero-order valence-corrected chi connectivity index (χ0v) is 14.6. The topological polar surface area (TPSA) is 56.8 Å². The van der Waals surface area contributed by atoms with Gasteiger partial charge in [0.05, 0.1) is 24.3 Å². The molecule has 0 bridgehead atoms. The van der Waals surface area contributed by atoms with E-state index in [0.29, 0.717) is 24.5 Å². The zero-order chi connectivity index (χ0) is 17.8. The Morgan fingerprint density at radius 3 is 2.81 bits per heavy atom. The third-order valence-electron chi connectivity index (χ3n) is 4.84. The van der Waals surface area contributed by atoms with Crippen LogP contribution in [0.4, 0.5) is 0 Å². The van der Waals surface area contributed by atoms with Crippen molar-refractivity contribution in [2.24, 2.45) is 0 Å². The Balaban J connectivity index is 1.47. The molecule has 0 aliphatic carbocycles. The molecule has 0 saturated carbocycles. The van der Waals surface area contributed by atoms with E-state index in [9.17, 15) is 4.79 Å². The van der Waals surface area contributed by atoms with Crippen molar-refractivity contribution in [3.05, 3.63) is 59.7 Å². The minimum absolute atomic E-state index is 0.0568. The third-order valence-corrected chi connectivity index (χ3v) is 4.84. The molecule has 0 aromatic heterocycles. The van der Waals surface area contributed by atoms with Gasteiger partial charge in [-0.05, 0) is 31.0 Å². The summed E-state index contributed by atoms with van der Waals surface area (Å²) in [4.78, 5) is 12.9. The first-order valence-electron chi connectivity index (χ1n) is 9.17. The summed E-state index contributed by atoms with van der Waals surface area (Å²) in [6, 6.07) is 15.2. The molecule has 1 fully saturated rings. The number of carbonyl (C=O) groups is 1. The van der Waals surface area contributed by atoms with Gasteiger partial charge in [0.15, 0.2) is 0 Å². The van der Waals surface area contributed by atoms with E-state index in [1.807, 2.05) is 42.5 Å². The van der Waals surface area contributed by atoms with Crippen LogP contribution in [0.1, 0.15) is 41.2 Å². The molecule has 1 amide bonds. The number of fused-ring (bicyclic) bond motifs is 1. The summed E-state index contributed by atoms with van der Waals surface area (Å²) >= 11 is 0. The third kappa shape index (κ3) is 3.68. The van der Waals surface area contributed by atoms with Gasteiger partial charge < -0.3 is 19.5 Å². The number of ether oxygens (including phenoxy) is 3. The lowest BCUT2D eigenvalue weighted by atomic mass is 10.00. The normalized spacial score (nSPS) is 21.5. The summed E-state index contributed by atoms with van der Waals surface area (Å²) in [7, 11) is 0. The van der Waals surface area contributed by atoms with Crippen LogP contribution < -0.4 is 14.8 Å². The minimum Gasteiger partial charge on any atom is -0.493 e. The van der Waals surface area contributed by atoms with Crippen molar-refractivity contribution in [2.75, 3.05) is 19.8 Å². The van der Waals surface area contributed by atoms with Gasteiger partial charge in [0.25, 0.3) is 5.91 Å². The fourth-order valence-corrected chi connectivity index (χ4v) is 3.47. The van der Waals surface area contributed by atoms with Gasteiger partial charge in [0, 0.05) is 18.6 Å². The molecule has 4 rings (SSSR count). The summed E-state index contributed by atoms with van der Waals surface area (Å²) in [5.74, 6) is 1.31. The van der Waals surface area contributed by atoms with Crippen LogP contribution in [0.5, 0.6) is 11.5 Å². The second kappa shape index (κ2) is 7.79. The Morgan fingerprint density at radius 1 is 1.08 bits per heavy atom. The highest BCUT2D eigenvalue weighted by Crippen LogP contribution is 2.32. The number of benzene rings is 2. The summed E-state index contributed by atoms with van der Waals surface area (Å²) in [6.45, 7) is 1.86. The van der Waals surface area contributed by atoms with Crippen LogP contribution in [0.25, 0.3) is 0 Å². The SMILES string of the molecule is O=C(N[C@@H]1CCOc2ccccc21)c1ccccc1OC[C@@H]1CCCO1. The Labute approximate surface area is 153 Å². The first-order valence-corrected chi connectivity index (χ1v) is 9.17. The smallest absolute Gasteiger partial charge is 0.255 e. The van der Waals surface area contributed by atoms with Crippen LogP contribution in [-0.4, -0.2) is 31.8 Å². The molecule has 1 N–H and O–H groups in total. The van der Waals surface area contributed by atoms with Gasteiger partial charge in [-0.3, -0.25) is 4.79 Å². The van der Waals surface area contributed by atoms with Gasteiger partial charge in [-0.25, -0.2) is 0 Å². The van der Waals surface area contributed by atoms with Gasteiger partial charge in [0.2, 0.25) is 0 Å². The van der Waals surface area contributed by atoms with Gasteiger partial charge in [-0.2, -0.15) is 0 Å². The lowest BCUT2D eigenvalue weighted by molar-refractivity contribution is 0.0669. The molecule has 0 unspecified atom stereocenters. The first kappa shape index (κ1) is 16.9. The van der Waals surface area contributed by atoms with Gasteiger partial charge in [0.1, 0.15) is 18.1 Å². The van der Waals surface area contributed by atoms with Gasteiger partial charge >= 0.3 is 0 Å². The maximum Gasteiger partial charge on any atom is 0.255 e. The Hall–Kier alpha value is -2.53. The molecule has 5 nitrogen and oxygen atoms in total. The molecule has 2 aromatic carbocycles. The van der Waals surface area contributed by atoms with Crippen molar-refractivity contribution in [2.45, 2.75) is 31.4 Å². The van der Waals surface area contributed by atoms with Crippen molar-refractivity contribution < 1.29 is 19.0 Å². The number of hydrogen-bond donors (Lipinski definition) is 1. The summed E-state index contributed by atoms with van der Waals surface area (Å²) in [6.07, 6.45) is 2.95. The average Bonchev–Trinajstić information content (AvgIpc) is 3.20. The van der Waals surface area contributed by atoms with Crippen LogP contribution >= 0.6 is 0 Å². The lowest BCUT2D eigenvalue weighted by Crippen LogP contribution is -2.32. The van der Waals surface area contributed by atoms with E-state index in [1.165, 1.54) is 0 Å². The zero-order valence-electron chi connectivity index (χ0n) is 14.6. The van der Waals surface area contributed by atoms with E-state index < -0.39 is 0 Å². The average molecular weight is 353 g/mol. The first-order chi connectivity index (χ1) is 12.8. The van der Waals surface area contributed by atoms with Crippen LogP contribution in [0.15, 0.2) is 48.5 Å². The molecule has 0 spiro atoms. The monoisotopic (exact) mass is 353 g/mol. The highest BCUT2D eigenvalue weighted by Gasteiger charge is 2.24. The summed E-state index contributed by atoms with van der Waals surface area (Å²) < 4.78 is 17.2. The van der Waals surface area contributed by atoms with Crippen molar-refractivity contribution >= 4 is 5.91 Å². The van der Waals surface area contributed by atoms with Crippen LogP contribution in [0.2, 0.25) is 0 Å². The lowest BCUT2D eigenvalue weighted by Gasteiger charge is -2.27. The van der Waals surface area contributed by atoms with Gasteiger partial charge in [-0.15, -0.1) is 0 Å². The summed E-state index contributed by atoms with van der Waals surface area (Å²) in [5.41, 5.74) is 1.57. The number of carbonyl (C=O) groups excluding carboxylic acids is 1. The molecular weight excluding hydrogens is 330 g/mol. The Morgan fingerprint density at radius 2 is 1.92 bits per heavy atom. The van der Waals surface area contributed by atoms with Crippen molar-refractivity contribution in [1.82, 2.24) is 5.32 Å². The number of para-hydroxylation sites is 2. The molecule has 5 heteroatoms. The molecule has 2 aliphatic heterocycles. The van der Waals surface area contributed by atoms with Crippen molar-refractivity contribution in [3.8, 4) is 11.5 Å². The van der Waals surface area contributed by atoms with E-state index >= 15 is 0 Å². The standard InChI is InChI=1S/C21H23NO4/c23-21(22-18-11-13-25-19-9-3-1-7-16(18)19)17-8-2-4-10-20(17)26-14-15-6-5-12-24-15/h1-4,7-10,15,18H,5-6,11-14H2,(H,22,23)/t15-,18+/m0/s1. The molecular formula is C21H23NO4. The van der Waals surface area contributed by atoms with E-state index in [-0.39, 0.29) is 18.1 Å². The number of amides is 1. The highest BCUT2D eigenvalue weighted by molar-refractivity contribution is 5.97. The van der Waals surface area contributed by atoms with Crippen LogP contribution in [-0.2, 0) is 4.74 Å². The van der Waals surface area contributed by atoms with Crippen LogP contribution in [0.3, 0.4) is 0 Å². The molecule has 2 aromatic rings. The predicted octanol–water partition coefficient (Wildman–Crippen LogP) is 3.50. The minimum atomic E-state index is -0.130. The Bertz CT molecular complexity index is 770. The van der Waals surface area contributed by atoms with E-state index in [2.05, 4.69) is 5.32 Å². The molecule has 1 saturated heterocycles. The number of hydrogen-bond acceptors (Lipinski definition) is 4. The maximum absolute atomic E-state index is 12.9. The summed E-state index contributed by atoms with van der Waals surface area (Å²) in [5, 5.41) is 3.13. The number of nitrogens with one attached hydrogen (secondary N) is 1. The van der Waals surface area contributed by atoms with Crippen molar-refractivity contribution in [3.63, 3.8) is 0 Å². The van der Waals surface area contributed by atoms with E-state index in [0.717, 1.165) is 37.2 Å². The fraction of sp³-hybridized carbons (Fsp3) is 0.381. The molecule has 26 heavy (non-hydrogen) atoms. The largest absolute Gasteiger partial charge is 0.493 e.